The number of piperidine rings is 1. The van der Waals surface area contributed by atoms with E-state index in [1.54, 1.807) is 18.2 Å². The molecule has 0 aliphatic carbocycles. The maximum absolute atomic E-state index is 13.0. The Kier molecular flexibility index (Phi) is 6.97. The highest BCUT2D eigenvalue weighted by atomic mass is 79.9. The zero-order valence-corrected chi connectivity index (χ0v) is 19.1. The predicted molar refractivity (Wildman–Crippen MR) is 120 cm³/mol. The summed E-state index contributed by atoms with van der Waals surface area (Å²) in [6.07, 6.45) is 3.03. The molecule has 0 spiro atoms. The lowest BCUT2D eigenvalue weighted by atomic mass is 10.1. The van der Waals surface area contributed by atoms with Crippen molar-refractivity contribution in [1.82, 2.24) is 4.31 Å². The van der Waals surface area contributed by atoms with Crippen LogP contribution in [0.25, 0.3) is 0 Å². The monoisotopic (exact) mass is 479 g/mol. The first kappa shape index (κ1) is 21.8. The third-order valence-corrected chi connectivity index (χ3v) is 7.38. The van der Waals surface area contributed by atoms with Crippen LogP contribution in [0.2, 0.25) is 0 Å². The van der Waals surface area contributed by atoms with E-state index in [0.29, 0.717) is 18.8 Å². The standard InChI is InChI=1S/C21H26BrN3O3S/c1-24(2)20-11-10-18(29(27,28)25-12-4-3-5-13-25)15-19(20)23-21(26)14-16-6-8-17(22)9-7-16/h6-11,15H,3-5,12-14H2,1-2H3,(H,23,26). The second kappa shape index (κ2) is 9.28. The molecule has 1 heterocycles. The van der Waals surface area contributed by atoms with Crippen molar-refractivity contribution >= 4 is 43.2 Å². The molecule has 156 valence electrons. The number of carbonyl (C=O) groups excluding carboxylic acids is 1. The van der Waals surface area contributed by atoms with Gasteiger partial charge >= 0.3 is 0 Å². The van der Waals surface area contributed by atoms with Gasteiger partial charge < -0.3 is 10.2 Å². The fourth-order valence-corrected chi connectivity index (χ4v) is 5.21. The number of nitrogens with zero attached hydrogens (tertiary/aromatic N) is 2. The van der Waals surface area contributed by atoms with Crippen molar-refractivity contribution in [3.8, 4) is 0 Å². The van der Waals surface area contributed by atoms with Crippen LogP contribution in [0.5, 0.6) is 0 Å². The Bertz CT molecular complexity index is 969. The van der Waals surface area contributed by atoms with E-state index in [1.165, 1.54) is 4.31 Å². The van der Waals surface area contributed by atoms with Crippen LogP contribution in [0.15, 0.2) is 51.8 Å². The number of carbonyl (C=O) groups is 1. The Labute approximate surface area is 181 Å². The third-order valence-electron chi connectivity index (χ3n) is 4.95. The summed E-state index contributed by atoms with van der Waals surface area (Å²) in [6.45, 7) is 1.09. The van der Waals surface area contributed by atoms with Crippen LogP contribution in [0.4, 0.5) is 11.4 Å². The van der Waals surface area contributed by atoms with E-state index < -0.39 is 10.0 Å². The number of benzene rings is 2. The van der Waals surface area contributed by atoms with Crippen molar-refractivity contribution in [2.45, 2.75) is 30.6 Å². The molecule has 0 aromatic heterocycles. The van der Waals surface area contributed by atoms with E-state index in [0.717, 1.165) is 35.0 Å². The Hall–Kier alpha value is -1.90. The lowest BCUT2D eigenvalue weighted by molar-refractivity contribution is -0.115. The van der Waals surface area contributed by atoms with Gasteiger partial charge in [-0.1, -0.05) is 34.5 Å². The molecule has 1 aliphatic rings. The molecule has 8 heteroatoms. The van der Waals surface area contributed by atoms with Gasteiger partial charge in [-0.2, -0.15) is 4.31 Å². The van der Waals surface area contributed by atoms with Gasteiger partial charge in [-0.15, -0.1) is 0 Å². The molecule has 29 heavy (non-hydrogen) atoms. The molecule has 2 aromatic carbocycles. The molecule has 1 fully saturated rings. The first-order valence-corrected chi connectivity index (χ1v) is 11.9. The van der Waals surface area contributed by atoms with Gasteiger partial charge in [0.15, 0.2) is 0 Å². The first-order chi connectivity index (χ1) is 13.8. The molecule has 0 atom stereocenters. The smallest absolute Gasteiger partial charge is 0.243 e. The van der Waals surface area contributed by atoms with Crippen molar-refractivity contribution in [2.24, 2.45) is 0 Å². The van der Waals surface area contributed by atoms with Gasteiger partial charge in [0.05, 0.1) is 22.7 Å². The van der Waals surface area contributed by atoms with Gasteiger partial charge in [-0.25, -0.2) is 8.42 Å². The molecule has 0 saturated carbocycles. The van der Waals surface area contributed by atoms with Gasteiger partial charge in [0.2, 0.25) is 15.9 Å². The topological polar surface area (TPSA) is 69.7 Å². The Morgan fingerprint density at radius 2 is 1.72 bits per heavy atom. The van der Waals surface area contributed by atoms with Gasteiger partial charge in [0, 0.05) is 31.7 Å². The summed E-state index contributed by atoms with van der Waals surface area (Å²) in [5, 5.41) is 2.90. The first-order valence-electron chi connectivity index (χ1n) is 9.63. The lowest BCUT2D eigenvalue weighted by Gasteiger charge is -2.26. The second-order valence-electron chi connectivity index (χ2n) is 7.39. The summed E-state index contributed by atoms with van der Waals surface area (Å²) in [7, 11) is 0.151. The number of sulfonamides is 1. The number of hydrogen-bond donors (Lipinski definition) is 1. The molecule has 0 unspecified atom stereocenters. The van der Waals surface area contributed by atoms with Crippen LogP contribution >= 0.6 is 15.9 Å². The Morgan fingerprint density at radius 1 is 1.07 bits per heavy atom. The van der Waals surface area contributed by atoms with E-state index in [4.69, 9.17) is 0 Å². The molecule has 1 N–H and O–H groups in total. The minimum absolute atomic E-state index is 0.192. The number of rotatable bonds is 6. The van der Waals surface area contributed by atoms with Crippen molar-refractivity contribution in [1.29, 1.82) is 0 Å². The van der Waals surface area contributed by atoms with E-state index in [-0.39, 0.29) is 17.2 Å². The Balaban J connectivity index is 1.85. The van der Waals surface area contributed by atoms with Crippen LogP contribution in [0.1, 0.15) is 24.8 Å². The molecule has 1 saturated heterocycles. The second-order valence-corrected chi connectivity index (χ2v) is 10.2. The summed E-state index contributed by atoms with van der Waals surface area (Å²) < 4.78 is 28.5. The van der Waals surface area contributed by atoms with Crippen LogP contribution in [0.3, 0.4) is 0 Å². The van der Waals surface area contributed by atoms with E-state index >= 15 is 0 Å². The molecule has 0 radical (unpaired) electrons. The van der Waals surface area contributed by atoms with Crippen molar-refractivity contribution in [3.63, 3.8) is 0 Å². The van der Waals surface area contributed by atoms with E-state index in [1.807, 2.05) is 43.3 Å². The molecule has 0 bridgehead atoms. The molecular formula is C21H26BrN3O3S. The maximum Gasteiger partial charge on any atom is 0.243 e. The Morgan fingerprint density at radius 3 is 2.34 bits per heavy atom. The largest absolute Gasteiger partial charge is 0.376 e. The number of amides is 1. The summed E-state index contributed by atoms with van der Waals surface area (Å²) in [4.78, 5) is 14.7. The lowest BCUT2D eigenvalue weighted by Crippen LogP contribution is -2.35. The SMILES string of the molecule is CN(C)c1ccc(S(=O)(=O)N2CCCCC2)cc1NC(=O)Cc1ccc(Br)cc1. The van der Waals surface area contributed by atoms with Crippen molar-refractivity contribution in [3.05, 3.63) is 52.5 Å². The normalized spacial score (nSPS) is 15.1. The highest BCUT2D eigenvalue weighted by Gasteiger charge is 2.27. The summed E-state index contributed by atoms with van der Waals surface area (Å²) in [5.74, 6) is -0.192. The zero-order chi connectivity index (χ0) is 21.0. The highest BCUT2D eigenvalue weighted by molar-refractivity contribution is 9.10. The van der Waals surface area contributed by atoms with Gasteiger partial charge in [-0.05, 0) is 48.7 Å². The van der Waals surface area contributed by atoms with Gasteiger partial charge in [0.1, 0.15) is 0 Å². The number of nitrogens with one attached hydrogen (secondary N) is 1. The summed E-state index contributed by atoms with van der Waals surface area (Å²) in [5.41, 5.74) is 2.14. The number of hydrogen-bond acceptors (Lipinski definition) is 4. The van der Waals surface area contributed by atoms with Crippen molar-refractivity contribution < 1.29 is 13.2 Å². The van der Waals surface area contributed by atoms with Crippen LogP contribution in [-0.2, 0) is 21.2 Å². The minimum Gasteiger partial charge on any atom is -0.376 e. The third kappa shape index (κ3) is 5.38. The highest BCUT2D eigenvalue weighted by Crippen LogP contribution is 2.30. The zero-order valence-electron chi connectivity index (χ0n) is 16.7. The van der Waals surface area contributed by atoms with Crippen molar-refractivity contribution in [2.75, 3.05) is 37.4 Å². The van der Waals surface area contributed by atoms with Crippen LogP contribution < -0.4 is 10.2 Å². The molecule has 3 rings (SSSR count). The average molecular weight is 480 g/mol. The van der Waals surface area contributed by atoms with Gasteiger partial charge in [-0.3, -0.25) is 4.79 Å². The van der Waals surface area contributed by atoms with Gasteiger partial charge in [0.25, 0.3) is 0 Å². The molecular weight excluding hydrogens is 454 g/mol. The fraction of sp³-hybridized carbons (Fsp3) is 0.381. The van der Waals surface area contributed by atoms with Crippen LogP contribution in [-0.4, -0.2) is 45.8 Å². The summed E-state index contributed by atoms with van der Waals surface area (Å²) in [6, 6.07) is 12.5. The molecule has 1 amide bonds. The van der Waals surface area contributed by atoms with Crippen LogP contribution in [0, 0.1) is 0 Å². The number of halogens is 1. The summed E-state index contributed by atoms with van der Waals surface area (Å²) >= 11 is 3.38. The molecule has 2 aromatic rings. The van der Waals surface area contributed by atoms with E-state index in [2.05, 4.69) is 21.2 Å². The molecule has 6 nitrogen and oxygen atoms in total. The predicted octanol–water partition coefficient (Wildman–Crippen LogP) is 3.87. The number of anilines is 2. The molecule has 1 aliphatic heterocycles. The quantitative estimate of drug-likeness (QED) is 0.682. The maximum atomic E-state index is 13.0. The van der Waals surface area contributed by atoms with E-state index in [9.17, 15) is 13.2 Å². The fourth-order valence-electron chi connectivity index (χ4n) is 3.40. The minimum atomic E-state index is -3.57. The average Bonchev–Trinajstić information content (AvgIpc) is 2.70.